The summed E-state index contributed by atoms with van der Waals surface area (Å²) in [6.07, 6.45) is 0.259. The smallest absolute Gasteiger partial charge is 0.263 e. The topological polar surface area (TPSA) is 66.5 Å². The summed E-state index contributed by atoms with van der Waals surface area (Å²) in [7, 11) is 0. The van der Waals surface area contributed by atoms with Crippen molar-refractivity contribution in [3.8, 4) is 0 Å². The molecule has 2 unspecified atom stereocenters. The van der Waals surface area contributed by atoms with Gasteiger partial charge in [-0.05, 0) is 24.8 Å². The lowest BCUT2D eigenvalue weighted by Crippen LogP contribution is -2.50. The summed E-state index contributed by atoms with van der Waals surface area (Å²) < 4.78 is 0. The van der Waals surface area contributed by atoms with E-state index in [2.05, 4.69) is 5.32 Å². The first-order chi connectivity index (χ1) is 14.6. The van der Waals surface area contributed by atoms with Crippen LogP contribution < -0.4 is 5.32 Å². The molecular formula is C22H20Cl4N2O3. The molecule has 5 nitrogen and oxygen atoms in total. The molecule has 1 aliphatic heterocycles. The summed E-state index contributed by atoms with van der Waals surface area (Å²) in [6.45, 7) is 5.62. The van der Waals surface area contributed by atoms with Crippen LogP contribution in [0.15, 0.2) is 30.3 Å². The van der Waals surface area contributed by atoms with E-state index in [0.717, 1.165) is 10.5 Å². The Bertz CT molecular complexity index is 1010. The highest BCUT2D eigenvalue weighted by Crippen LogP contribution is 2.45. The summed E-state index contributed by atoms with van der Waals surface area (Å²) in [4.78, 5) is 40.5. The Morgan fingerprint density at radius 2 is 1.35 bits per heavy atom. The average Bonchev–Trinajstić information content (AvgIpc) is 2.99. The number of nitrogens with one attached hydrogen (secondary N) is 1. The molecule has 0 radical (unpaired) electrons. The number of amides is 3. The SMILES string of the molecule is CC(C)CC(C(=O)NC(C)c1ccccc1)N1C(=O)c2c(Cl)c(Cl)c(Cl)c(Cl)c2C1=O. The van der Waals surface area contributed by atoms with Crippen LogP contribution in [-0.2, 0) is 4.79 Å². The molecule has 3 amide bonds. The summed E-state index contributed by atoms with van der Waals surface area (Å²) >= 11 is 24.6. The number of carbonyl (C=O) groups is 3. The van der Waals surface area contributed by atoms with E-state index in [1.54, 1.807) is 0 Å². The maximum Gasteiger partial charge on any atom is 0.263 e. The number of halogens is 4. The van der Waals surface area contributed by atoms with Crippen molar-refractivity contribution in [2.45, 2.75) is 39.3 Å². The predicted octanol–water partition coefficient (Wildman–Crippen LogP) is 6.19. The fourth-order valence-electron chi connectivity index (χ4n) is 3.56. The van der Waals surface area contributed by atoms with Gasteiger partial charge in [0.2, 0.25) is 5.91 Å². The predicted molar refractivity (Wildman–Crippen MR) is 123 cm³/mol. The molecule has 1 heterocycles. The second-order valence-electron chi connectivity index (χ2n) is 7.77. The fourth-order valence-corrected chi connectivity index (χ4v) is 4.57. The molecule has 31 heavy (non-hydrogen) atoms. The molecule has 0 aromatic heterocycles. The number of benzene rings is 2. The average molecular weight is 502 g/mol. The molecule has 0 bridgehead atoms. The zero-order valence-electron chi connectivity index (χ0n) is 17.0. The Labute approximate surface area is 200 Å². The third-order valence-corrected chi connectivity index (χ3v) is 6.90. The van der Waals surface area contributed by atoms with Crippen LogP contribution >= 0.6 is 46.4 Å². The van der Waals surface area contributed by atoms with Gasteiger partial charge in [0.05, 0.1) is 37.3 Å². The molecule has 2 aromatic rings. The van der Waals surface area contributed by atoms with Gasteiger partial charge < -0.3 is 5.32 Å². The molecule has 0 aliphatic carbocycles. The maximum atomic E-state index is 13.2. The number of hydrogen-bond donors (Lipinski definition) is 1. The summed E-state index contributed by atoms with van der Waals surface area (Å²) in [5, 5.41) is 2.35. The van der Waals surface area contributed by atoms with E-state index in [-0.39, 0.29) is 49.6 Å². The van der Waals surface area contributed by atoms with Crippen molar-refractivity contribution in [3.05, 3.63) is 67.1 Å². The van der Waals surface area contributed by atoms with Crippen molar-refractivity contribution in [1.82, 2.24) is 10.2 Å². The van der Waals surface area contributed by atoms with Gasteiger partial charge in [0.25, 0.3) is 11.8 Å². The van der Waals surface area contributed by atoms with E-state index >= 15 is 0 Å². The summed E-state index contributed by atoms with van der Waals surface area (Å²) in [5.74, 6) is -1.88. The van der Waals surface area contributed by atoms with Crippen LogP contribution in [0.25, 0.3) is 0 Å². The highest BCUT2D eigenvalue weighted by molar-refractivity contribution is 6.55. The van der Waals surface area contributed by atoms with Crippen LogP contribution in [0, 0.1) is 5.92 Å². The lowest BCUT2D eigenvalue weighted by molar-refractivity contribution is -0.126. The number of imide groups is 1. The molecule has 164 valence electrons. The van der Waals surface area contributed by atoms with Gasteiger partial charge in [0.1, 0.15) is 6.04 Å². The van der Waals surface area contributed by atoms with Crippen LogP contribution in [0.5, 0.6) is 0 Å². The lowest BCUT2D eigenvalue weighted by Gasteiger charge is -2.28. The van der Waals surface area contributed by atoms with Gasteiger partial charge in [0.15, 0.2) is 0 Å². The van der Waals surface area contributed by atoms with E-state index in [0.29, 0.717) is 0 Å². The summed E-state index contributed by atoms with van der Waals surface area (Å²) in [6, 6.07) is 8.00. The van der Waals surface area contributed by atoms with E-state index in [1.165, 1.54) is 0 Å². The van der Waals surface area contributed by atoms with Gasteiger partial charge in [-0.15, -0.1) is 0 Å². The first-order valence-electron chi connectivity index (χ1n) is 9.65. The zero-order valence-corrected chi connectivity index (χ0v) is 20.0. The molecule has 2 atom stereocenters. The minimum absolute atomic E-state index is 0.0187. The second kappa shape index (κ2) is 9.37. The van der Waals surface area contributed by atoms with Gasteiger partial charge in [0, 0.05) is 0 Å². The van der Waals surface area contributed by atoms with Crippen molar-refractivity contribution in [2.75, 3.05) is 0 Å². The number of hydrogen-bond acceptors (Lipinski definition) is 3. The van der Waals surface area contributed by atoms with E-state index in [9.17, 15) is 14.4 Å². The van der Waals surface area contributed by atoms with Crippen molar-refractivity contribution < 1.29 is 14.4 Å². The second-order valence-corrected chi connectivity index (χ2v) is 9.28. The lowest BCUT2D eigenvalue weighted by atomic mass is 10.0. The molecule has 1 aliphatic rings. The van der Waals surface area contributed by atoms with Crippen molar-refractivity contribution in [3.63, 3.8) is 0 Å². The molecule has 0 spiro atoms. The first kappa shape index (κ1) is 23.9. The third-order valence-electron chi connectivity index (χ3n) is 5.10. The van der Waals surface area contributed by atoms with E-state index in [4.69, 9.17) is 46.4 Å². The zero-order chi connectivity index (χ0) is 23.0. The number of fused-ring (bicyclic) bond motifs is 1. The van der Waals surface area contributed by atoms with Crippen molar-refractivity contribution in [1.29, 1.82) is 0 Å². The third kappa shape index (κ3) is 4.42. The van der Waals surface area contributed by atoms with E-state index < -0.39 is 23.8 Å². The molecular weight excluding hydrogens is 482 g/mol. The monoisotopic (exact) mass is 500 g/mol. The Balaban J connectivity index is 1.98. The van der Waals surface area contributed by atoms with Gasteiger partial charge in [-0.2, -0.15) is 0 Å². The molecule has 2 aromatic carbocycles. The fraction of sp³-hybridized carbons (Fsp3) is 0.318. The largest absolute Gasteiger partial charge is 0.348 e. The number of rotatable bonds is 6. The molecule has 0 saturated carbocycles. The standard InChI is InChI=1S/C22H20Cl4N2O3/c1-10(2)9-13(20(29)27-11(3)12-7-5-4-6-8-12)28-21(30)14-15(22(28)31)17(24)19(26)18(25)16(14)23/h4-8,10-11,13H,9H2,1-3H3,(H,27,29). The highest BCUT2D eigenvalue weighted by atomic mass is 35.5. The normalized spacial score (nSPS) is 15.3. The Kier molecular flexibility index (Phi) is 7.21. The Morgan fingerprint density at radius 3 is 1.81 bits per heavy atom. The van der Waals surface area contributed by atoms with Gasteiger partial charge in [-0.3, -0.25) is 19.3 Å². The molecule has 1 N–H and O–H groups in total. The molecule has 0 fully saturated rings. The highest BCUT2D eigenvalue weighted by Gasteiger charge is 2.46. The van der Waals surface area contributed by atoms with Crippen molar-refractivity contribution >= 4 is 64.1 Å². The number of carbonyl (C=O) groups excluding carboxylic acids is 3. The van der Waals surface area contributed by atoms with Crippen molar-refractivity contribution in [2.24, 2.45) is 5.92 Å². The Morgan fingerprint density at radius 1 is 0.871 bits per heavy atom. The number of nitrogens with zero attached hydrogens (tertiary/aromatic N) is 1. The van der Waals surface area contributed by atoms with Gasteiger partial charge in [-0.25, -0.2) is 0 Å². The van der Waals surface area contributed by atoms with Crippen LogP contribution in [0.4, 0.5) is 0 Å². The Hall–Kier alpha value is -1.79. The van der Waals surface area contributed by atoms with Crippen LogP contribution in [0.2, 0.25) is 20.1 Å². The molecule has 9 heteroatoms. The minimum atomic E-state index is -1.05. The van der Waals surface area contributed by atoms with Crippen LogP contribution in [0.3, 0.4) is 0 Å². The van der Waals surface area contributed by atoms with Crippen LogP contribution in [-0.4, -0.2) is 28.7 Å². The van der Waals surface area contributed by atoms with Gasteiger partial charge in [-0.1, -0.05) is 90.6 Å². The summed E-state index contributed by atoms with van der Waals surface area (Å²) in [5.41, 5.74) is 0.624. The minimum Gasteiger partial charge on any atom is -0.348 e. The van der Waals surface area contributed by atoms with Crippen LogP contribution in [0.1, 0.15) is 59.5 Å². The first-order valence-corrected chi connectivity index (χ1v) is 11.2. The van der Waals surface area contributed by atoms with Gasteiger partial charge >= 0.3 is 0 Å². The van der Waals surface area contributed by atoms with E-state index in [1.807, 2.05) is 51.1 Å². The maximum absolute atomic E-state index is 13.2. The quantitative estimate of drug-likeness (QED) is 0.291. The molecule has 0 saturated heterocycles. The molecule has 3 rings (SSSR count).